The molecule has 21 heavy (non-hydrogen) atoms. The number of pyridine rings is 1. The molecule has 1 heterocycles. The first kappa shape index (κ1) is 14.8. The standard InChI is InChI=1S/C15H11ClN2O3/c1-2-7-18(9-13(19)20)15(21)12-8-17-14(16)11-6-4-3-5-10(11)12/h1,3-6,8H,7,9H2,(H,19,20). The lowest BCUT2D eigenvalue weighted by Gasteiger charge is -2.18. The van der Waals surface area contributed by atoms with Crippen LogP contribution >= 0.6 is 11.6 Å². The predicted molar refractivity (Wildman–Crippen MR) is 79.1 cm³/mol. The highest BCUT2D eigenvalue weighted by Gasteiger charge is 2.20. The predicted octanol–water partition coefficient (Wildman–Crippen LogP) is 2.05. The molecule has 0 radical (unpaired) electrons. The van der Waals surface area contributed by atoms with E-state index in [-0.39, 0.29) is 17.3 Å². The number of halogens is 1. The lowest BCUT2D eigenvalue weighted by Crippen LogP contribution is -2.36. The summed E-state index contributed by atoms with van der Waals surface area (Å²) >= 11 is 6.00. The van der Waals surface area contributed by atoms with Crippen LogP contribution < -0.4 is 0 Å². The molecule has 0 atom stereocenters. The second kappa shape index (κ2) is 6.25. The fourth-order valence-electron chi connectivity index (χ4n) is 1.97. The summed E-state index contributed by atoms with van der Waals surface area (Å²) in [6, 6.07) is 7.01. The summed E-state index contributed by atoms with van der Waals surface area (Å²) in [6.45, 7) is -0.567. The van der Waals surface area contributed by atoms with E-state index in [1.807, 2.05) is 0 Å². The minimum Gasteiger partial charge on any atom is -0.480 e. The number of rotatable bonds is 4. The van der Waals surface area contributed by atoms with Crippen LogP contribution in [0.5, 0.6) is 0 Å². The summed E-state index contributed by atoms with van der Waals surface area (Å²) in [6.07, 6.45) is 6.52. The average molecular weight is 303 g/mol. The SMILES string of the molecule is C#CCN(CC(=O)O)C(=O)c1cnc(Cl)c2ccccc12. The lowest BCUT2D eigenvalue weighted by atomic mass is 10.1. The maximum Gasteiger partial charge on any atom is 0.323 e. The monoisotopic (exact) mass is 302 g/mol. The molecule has 0 spiro atoms. The fourth-order valence-corrected chi connectivity index (χ4v) is 2.19. The molecule has 0 bridgehead atoms. The molecule has 2 aromatic rings. The largest absolute Gasteiger partial charge is 0.480 e. The Morgan fingerprint density at radius 3 is 2.62 bits per heavy atom. The van der Waals surface area contributed by atoms with Crippen molar-refractivity contribution in [3.63, 3.8) is 0 Å². The summed E-state index contributed by atoms with van der Waals surface area (Å²) in [7, 11) is 0. The van der Waals surface area contributed by atoms with Crippen LogP contribution in [0, 0.1) is 12.3 Å². The number of amides is 1. The van der Waals surface area contributed by atoms with E-state index >= 15 is 0 Å². The van der Waals surface area contributed by atoms with Crippen LogP contribution in [0.25, 0.3) is 10.8 Å². The molecule has 0 fully saturated rings. The van der Waals surface area contributed by atoms with Gasteiger partial charge in [0.15, 0.2) is 0 Å². The van der Waals surface area contributed by atoms with Crippen molar-refractivity contribution in [3.8, 4) is 12.3 Å². The summed E-state index contributed by atoms with van der Waals surface area (Å²) in [5.41, 5.74) is 0.270. The van der Waals surface area contributed by atoms with Crippen molar-refractivity contribution in [1.82, 2.24) is 9.88 Å². The quantitative estimate of drug-likeness (QED) is 0.693. The van der Waals surface area contributed by atoms with Gasteiger partial charge >= 0.3 is 5.97 Å². The van der Waals surface area contributed by atoms with Gasteiger partial charge < -0.3 is 10.0 Å². The molecule has 1 aromatic heterocycles. The molecule has 5 nitrogen and oxygen atoms in total. The Morgan fingerprint density at radius 1 is 1.33 bits per heavy atom. The average Bonchev–Trinajstić information content (AvgIpc) is 2.46. The molecule has 0 aliphatic carbocycles. The van der Waals surface area contributed by atoms with Crippen molar-refractivity contribution in [3.05, 3.63) is 41.2 Å². The Labute approximate surface area is 126 Å². The first-order chi connectivity index (χ1) is 10.0. The zero-order chi connectivity index (χ0) is 15.4. The van der Waals surface area contributed by atoms with Crippen LogP contribution in [-0.2, 0) is 4.79 Å². The molecule has 1 aromatic carbocycles. The van der Waals surface area contributed by atoms with Crippen molar-refractivity contribution in [2.24, 2.45) is 0 Å². The van der Waals surface area contributed by atoms with Gasteiger partial charge in [-0.3, -0.25) is 9.59 Å². The zero-order valence-electron chi connectivity index (χ0n) is 10.9. The highest BCUT2D eigenvalue weighted by atomic mass is 35.5. The number of hydrogen-bond donors (Lipinski definition) is 1. The third-order valence-corrected chi connectivity index (χ3v) is 3.17. The topological polar surface area (TPSA) is 70.5 Å². The number of benzene rings is 1. The number of carboxylic acids is 1. The van der Waals surface area contributed by atoms with E-state index < -0.39 is 18.4 Å². The molecule has 0 saturated carbocycles. The van der Waals surface area contributed by atoms with Crippen molar-refractivity contribution in [2.45, 2.75) is 0 Å². The number of aromatic nitrogens is 1. The van der Waals surface area contributed by atoms with Crippen molar-refractivity contribution in [2.75, 3.05) is 13.1 Å². The highest BCUT2D eigenvalue weighted by Crippen LogP contribution is 2.25. The van der Waals surface area contributed by atoms with Gasteiger partial charge in [-0.25, -0.2) is 4.98 Å². The molecule has 2 rings (SSSR count). The van der Waals surface area contributed by atoms with E-state index in [2.05, 4.69) is 10.9 Å². The molecule has 6 heteroatoms. The number of hydrogen-bond acceptors (Lipinski definition) is 3. The lowest BCUT2D eigenvalue weighted by molar-refractivity contribution is -0.137. The van der Waals surface area contributed by atoms with Gasteiger partial charge in [0.1, 0.15) is 11.7 Å². The van der Waals surface area contributed by atoms with E-state index in [1.165, 1.54) is 6.20 Å². The fraction of sp³-hybridized carbons (Fsp3) is 0.133. The maximum atomic E-state index is 12.5. The molecular weight excluding hydrogens is 292 g/mol. The minimum absolute atomic E-state index is 0.0952. The Kier molecular flexibility index (Phi) is 4.41. The van der Waals surface area contributed by atoms with Crippen molar-refractivity contribution < 1.29 is 14.7 Å². The maximum absolute atomic E-state index is 12.5. The summed E-state index contributed by atoms with van der Waals surface area (Å²) in [5, 5.41) is 10.4. The Hall–Kier alpha value is -2.58. The Bertz CT molecular complexity index is 752. The summed E-state index contributed by atoms with van der Waals surface area (Å²) in [5.74, 6) is 0.654. The van der Waals surface area contributed by atoms with Gasteiger partial charge in [-0.1, -0.05) is 41.8 Å². The van der Waals surface area contributed by atoms with Gasteiger partial charge in [-0.15, -0.1) is 6.42 Å². The van der Waals surface area contributed by atoms with Gasteiger partial charge in [0.05, 0.1) is 12.1 Å². The molecule has 1 N–H and O–H groups in total. The number of carbonyl (C=O) groups excluding carboxylic acids is 1. The first-order valence-corrected chi connectivity index (χ1v) is 6.40. The molecule has 0 saturated heterocycles. The van der Waals surface area contributed by atoms with Crippen LogP contribution in [0.15, 0.2) is 30.5 Å². The van der Waals surface area contributed by atoms with Crippen molar-refractivity contribution in [1.29, 1.82) is 0 Å². The number of terminal acetylenes is 1. The molecule has 1 amide bonds. The Morgan fingerprint density at radius 2 is 2.00 bits per heavy atom. The van der Waals surface area contributed by atoms with Gasteiger partial charge in [0.25, 0.3) is 5.91 Å². The Balaban J connectivity index is 2.50. The van der Waals surface area contributed by atoms with Crippen LogP contribution in [-0.4, -0.2) is 40.0 Å². The molecular formula is C15H11ClN2O3. The van der Waals surface area contributed by atoms with Crippen molar-refractivity contribution >= 4 is 34.2 Å². The summed E-state index contributed by atoms with van der Waals surface area (Å²) in [4.78, 5) is 28.4. The molecule has 0 aliphatic rings. The number of carboxylic acid groups (broad SMARTS) is 1. The highest BCUT2D eigenvalue weighted by molar-refractivity contribution is 6.34. The van der Waals surface area contributed by atoms with E-state index in [4.69, 9.17) is 23.1 Å². The minimum atomic E-state index is -1.13. The van der Waals surface area contributed by atoms with Gasteiger partial charge in [0, 0.05) is 11.6 Å². The molecule has 0 unspecified atom stereocenters. The van der Waals surface area contributed by atoms with E-state index in [0.717, 1.165) is 4.90 Å². The third kappa shape index (κ3) is 3.12. The number of aliphatic carboxylic acids is 1. The van der Waals surface area contributed by atoms with Crippen LogP contribution in [0.4, 0.5) is 0 Å². The second-order valence-electron chi connectivity index (χ2n) is 4.27. The second-order valence-corrected chi connectivity index (χ2v) is 4.63. The number of carbonyl (C=O) groups is 2. The van der Waals surface area contributed by atoms with E-state index in [9.17, 15) is 9.59 Å². The first-order valence-electron chi connectivity index (χ1n) is 6.02. The zero-order valence-corrected chi connectivity index (χ0v) is 11.7. The molecule has 106 valence electrons. The van der Waals surface area contributed by atoms with E-state index in [1.54, 1.807) is 24.3 Å². The summed E-state index contributed by atoms with van der Waals surface area (Å²) < 4.78 is 0. The number of fused-ring (bicyclic) bond motifs is 1. The number of nitrogens with zero attached hydrogens (tertiary/aromatic N) is 2. The van der Waals surface area contributed by atoms with Crippen LogP contribution in [0.3, 0.4) is 0 Å². The molecule has 0 aliphatic heterocycles. The van der Waals surface area contributed by atoms with Gasteiger partial charge in [-0.2, -0.15) is 0 Å². The van der Waals surface area contributed by atoms with Crippen LogP contribution in [0.1, 0.15) is 10.4 Å². The normalized spacial score (nSPS) is 10.1. The van der Waals surface area contributed by atoms with Gasteiger partial charge in [-0.05, 0) is 5.39 Å². The van der Waals surface area contributed by atoms with Gasteiger partial charge in [0.2, 0.25) is 0 Å². The van der Waals surface area contributed by atoms with Crippen LogP contribution in [0.2, 0.25) is 5.15 Å². The third-order valence-electron chi connectivity index (χ3n) is 2.87. The smallest absolute Gasteiger partial charge is 0.323 e. The van der Waals surface area contributed by atoms with E-state index in [0.29, 0.717) is 10.8 Å².